The Hall–Kier alpha value is -6.54. The number of fused-ring (bicyclic) bond motifs is 11. The van der Waals surface area contributed by atoms with E-state index in [2.05, 4.69) is 196 Å². The van der Waals surface area contributed by atoms with E-state index in [1.54, 1.807) is 0 Å². The minimum Gasteiger partial charge on any atom is -0.135 e. The first-order chi connectivity index (χ1) is 27.6. The van der Waals surface area contributed by atoms with Gasteiger partial charge in [0.1, 0.15) is 0 Å². The first kappa shape index (κ1) is 31.8. The molecule has 0 bridgehead atoms. The van der Waals surface area contributed by atoms with Crippen LogP contribution in [0.1, 0.15) is 25.0 Å². The van der Waals surface area contributed by atoms with Crippen molar-refractivity contribution in [3.8, 4) is 44.5 Å². The predicted octanol–water partition coefficient (Wildman–Crippen LogP) is 16.0. The fourth-order valence-electron chi connectivity index (χ4n) is 10.3. The largest absolute Gasteiger partial charge is 0.135 e. The van der Waals surface area contributed by atoms with Crippen LogP contribution in [0.2, 0.25) is 0 Å². The molecule has 10 aromatic carbocycles. The molecule has 0 fully saturated rings. The van der Waals surface area contributed by atoms with Crippen LogP contribution in [0.25, 0.3) is 108 Å². The lowest BCUT2D eigenvalue weighted by atomic mass is 9.79. The Bertz CT molecular complexity index is 3390. The van der Waals surface area contributed by atoms with Gasteiger partial charge in [0.05, 0.1) is 0 Å². The second-order valence-corrected chi connectivity index (χ2v) is 17.0. The molecule has 262 valence electrons. The number of thiophene rings is 1. The second kappa shape index (κ2) is 11.7. The topological polar surface area (TPSA) is 0 Å². The lowest BCUT2D eigenvalue weighted by Crippen LogP contribution is -2.15. The molecule has 0 N–H and O–H groups in total. The standard InChI is InChI=1S/C55H36S/c1-55(2)46-28-12-11-22-39(46)45-29-30-47-53(54(45)55)52-48(56-47)32-34-16-4-6-21-38(34)50(52)36-19-13-18-35(31-36)49-41-23-7-9-25-43(41)51(44-26-10-8-24-42(44)49)40-27-14-17-33-15-3-5-20-37(33)40/h3-32H,1-2H3. The van der Waals surface area contributed by atoms with Crippen LogP contribution in [0, 0.1) is 0 Å². The summed E-state index contributed by atoms with van der Waals surface area (Å²) >= 11 is 1.94. The maximum Gasteiger partial charge on any atom is 0.0368 e. The lowest BCUT2D eigenvalue weighted by molar-refractivity contribution is 0.667. The van der Waals surface area contributed by atoms with Gasteiger partial charge < -0.3 is 0 Å². The van der Waals surface area contributed by atoms with Gasteiger partial charge in [-0.25, -0.2) is 0 Å². The van der Waals surface area contributed by atoms with E-state index in [4.69, 9.17) is 0 Å². The summed E-state index contributed by atoms with van der Waals surface area (Å²) < 4.78 is 2.70. The Balaban J connectivity index is 1.17. The molecular weight excluding hydrogens is 693 g/mol. The highest BCUT2D eigenvalue weighted by molar-refractivity contribution is 7.26. The molecule has 0 atom stereocenters. The van der Waals surface area contributed by atoms with Gasteiger partial charge in [-0.3, -0.25) is 0 Å². The fraction of sp³-hybridized carbons (Fsp3) is 0.0545. The van der Waals surface area contributed by atoms with Crippen molar-refractivity contribution in [1.29, 1.82) is 0 Å². The number of benzene rings is 10. The fourth-order valence-corrected chi connectivity index (χ4v) is 11.4. The summed E-state index contributed by atoms with van der Waals surface area (Å²) in [6.45, 7) is 4.83. The van der Waals surface area contributed by atoms with Crippen molar-refractivity contribution < 1.29 is 0 Å². The number of hydrogen-bond donors (Lipinski definition) is 0. The molecule has 0 nitrogen and oxygen atoms in total. The van der Waals surface area contributed by atoms with Crippen LogP contribution in [0.5, 0.6) is 0 Å². The molecule has 1 aliphatic carbocycles. The Morgan fingerprint density at radius 3 is 1.66 bits per heavy atom. The lowest BCUT2D eigenvalue weighted by Gasteiger charge is -2.23. The van der Waals surface area contributed by atoms with Gasteiger partial charge in [-0.1, -0.05) is 178 Å². The molecule has 1 aliphatic rings. The van der Waals surface area contributed by atoms with Crippen LogP contribution in [0.15, 0.2) is 182 Å². The highest BCUT2D eigenvalue weighted by Gasteiger charge is 2.38. The summed E-state index contributed by atoms with van der Waals surface area (Å²) in [5, 5.41) is 13.0. The molecule has 12 rings (SSSR count). The third kappa shape index (κ3) is 4.35. The Labute approximate surface area is 329 Å². The third-order valence-electron chi connectivity index (χ3n) is 12.6. The molecule has 0 amide bonds. The minimum absolute atomic E-state index is 0.117. The van der Waals surface area contributed by atoms with Gasteiger partial charge in [0.15, 0.2) is 0 Å². The van der Waals surface area contributed by atoms with Crippen molar-refractivity contribution in [2.24, 2.45) is 0 Å². The zero-order chi connectivity index (χ0) is 37.1. The summed E-state index contributed by atoms with van der Waals surface area (Å²) in [7, 11) is 0. The van der Waals surface area contributed by atoms with E-state index in [0.717, 1.165) is 0 Å². The van der Waals surface area contributed by atoms with Crippen molar-refractivity contribution in [2.75, 3.05) is 0 Å². The monoisotopic (exact) mass is 728 g/mol. The van der Waals surface area contributed by atoms with E-state index in [1.165, 1.54) is 119 Å². The average molecular weight is 729 g/mol. The maximum absolute atomic E-state index is 2.47. The zero-order valence-electron chi connectivity index (χ0n) is 31.2. The molecule has 0 saturated heterocycles. The van der Waals surface area contributed by atoms with Crippen LogP contribution in [-0.2, 0) is 5.41 Å². The van der Waals surface area contributed by atoms with E-state index in [9.17, 15) is 0 Å². The van der Waals surface area contributed by atoms with Crippen LogP contribution >= 0.6 is 11.3 Å². The van der Waals surface area contributed by atoms with Crippen LogP contribution in [0.3, 0.4) is 0 Å². The van der Waals surface area contributed by atoms with Gasteiger partial charge in [-0.15, -0.1) is 11.3 Å². The van der Waals surface area contributed by atoms with E-state index in [-0.39, 0.29) is 5.41 Å². The molecule has 1 heteroatoms. The van der Waals surface area contributed by atoms with Gasteiger partial charge in [0.25, 0.3) is 0 Å². The zero-order valence-corrected chi connectivity index (χ0v) is 32.0. The van der Waals surface area contributed by atoms with Crippen LogP contribution < -0.4 is 0 Å². The highest BCUT2D eigenvalue weighted by Crippen LogP contribution is 2.56. The summed E-state index contributed by atoms with van der Waals surface area (Å²) in [6.07, 6.45) is 0. The highest BCUT2D eigenvalue weighted by atomic mass is 32.1. The predicted molar refractivity (Wildman–Crippen MR) is 243 cm³/mol. The first-order valence-corrected chi connectivity index (χ1v) is 20.4. The molecule has 0 saturated carbocycles. The quantitative estimate of drug-likeness (QED) is 0.159. The van der Waals surface area contributed by atoms with Crippen molar-refractivity contribution in [3.05, 3.63) is 193 Å². The first-order valence-electron chi connectivity index (χ1n) is 19.6. The Morgan fingerprint density at radius 1 is 0.357 bits per heavy atom. The van der Waals surface area contributed by atoms with Gasteiger partial charge in [0.2, 0.25) is 0 Å². The second-order valence-electron chi connectivity index (χ2n) is 15.9. The summed E-state index contributed by atoms with van der Waals surface area (Å²) in [6, 6.07) is 68.1. The van der Waals surface area contributed by atoms with Gasteiger partial charge in [0, 0.05) is 25.6 Å². The molecule has 1 heterocycles. The third-order valence-corrected chi connectivity index (χ3v) is 13.7. The molecule has 0 aliphatic heterocycles. The van der Waals surface area contributed by atoms with Gasteiger partial charge in [-0.2, -0.15) is 0 Å². The van der Waals surface area contributed by atoms with Crippen LogP contribution in [-0.4, -0.2) is 0 Å². The van der Waals surface area contributed by atoms with E-state index in [0.29, 0.717) is 0 Å². The van der Waals surface area contributed by atoms with E-state index < -0.39 is 0 Å². The SMILES string of the molecule is CC1(C)c2ccccc2-c2ccc3sc4cc5ccccc5c(-c5cccc(-c6c7ccccc7c(-c7cccc8ccccc78)c7ccccc67)c5)c4c3c21. The van der Waals surface area contributed by atoms with Gasteiger partial charge in [-0.05, 0) is 117 Å². The van der Waals surface area contributed by atoms with E-state index in [1.807, 2.05) is 11.3 Å². The molecule has 0 unspecified atom stereocenters. The molecule has 1 aromatic heterocycles. The van der Waals surface area contributed by atoms with Crippen LogP contribution in [0.4, 0.5) is 0 Å². The summed E-state index contributed by atoms with van der Waals surface area (Å²) in [4.78, 5) is 0. The van der Waals surface area contributed by atoms with Crippen molar-refractivity contribution in [2.45, 2.75) is 19.3 Å². The average Bonchev–Trinajstić information content (AvgIpc) is 3.72. The van der Waals surface area contributed by atoms with Crippen molar-refractivity contribution in [3.63, 3.8) is 0 Å². The normalized spacial score (nSPS) is 13.3. The van der Waals surface area contributed by atoms with E-state index >= 15 is 0 Å². The minimum atomic E-state index is -0.117. The van der Waals surface area contributed by atoms with Crippen molar-refractivity contribution >= 4 is 74.6 Å². The molecular formula is C55H36S. The summed E-state index contributed by atoms with van der Waals surface area (Å²) in [5.74, 6) is 0. The number of rotatable bonds is 3. The molecule has 0 spiro atoms. The number of hydrogen-bond acceptors (Lipinski definition) is 1. The molecule has 0 radical (unpaired) electrons. The maximum atomic E-state index is 2.47. The Kier molecular flexibility index (Phi) is 6.66. The smallest absolute Gasteiger partial charge is 0.0368 e. The Morgan fingerprint density at radius 2 is 0.911 bits per heavy atom. The molecule has 56 heavy (non-hydrogen) atoms. The van der Waals surface area contributed by atoms with Gasteiger partial charge >= 0.3 is 0 Å². The molecule has 11 aromatic rings. The summed E-state index contributed by atoms with van der Waals surface area (Å²) in [5.41, 5.74) is 13.2. The van der Waals surface area contributed by atoms with Crippen molar-refractivity contribution in [1.82, 2.24) is 0 Å².